The van der Waals surface area contributed by atoms with E-state index in [1.807, 2.05) is 46.5 Å². The lowest BCUT2D eigenvalue weighted by Gasteiger charge is -2.45. The van der Waals surface area contributed by atoms with E-state index in [2.05, 4.69) is 12.2 Å². The van der Waals surface area contributed by atoms with Crippen LogP contribution in [0.25, 0.3) is 10.2 Å². The molecule has 158 valence electrons. The van der Waals surface area contributed by atoms with E-state index in [9.17, 15) is 9.59 Å². The molecule has 5 nitrogen and oxygen atoms in total. The van der Waals surface area contributed by atoms with Gasteiger partial charge in [-0.3, -0.25) is 9.59 Å². The van der Waals surface area contributed by atoms with Crippen molar-refractivity contribution in [2.24, 2.45) is 5.92 Å². The largest absolute Gasteiger partial charge is 0.351 e. The minimum atomic E-state index is -0.931. The van der Waals surface area contributed by atoms with Crippen LogP contribution in [0.4, 0.5) is 0 Å². The van der Waals surface area contributed by atoms with E-state index >= 15 is 0 Å². The van der Waals surface area contributed by atoms with Crippen LogP contribution in [0.1, 0.15) is 54.9 Å². The predicted molar refractivity (Wildman–Crippen MR) is 122 cm³/mol. The minimum absolute atomic E-state index is 0.0334. The van der Waals surface area contributed by atoms with E-state index in [4.69, 9.17) is 0 Å². The third-order valence-electron chi connectivity index (χ3n) is 6.86. The first-order valence-corrected chi connectivity index (χ1v) is 12.5. The molecule has 2 aliphatic rings. The van der Waals surface area contributed by atoms with Gasteiger partial charge in [-0.15, -0.1) is 22.7 Å². The van der Waals surface area contributed by atoms with E-state index in [1.54, 1.807) is 27.6 Å². The lowest BCUT2D eigenvalue weighted by Crippen LogP contribution is -2.65. The number of rotatable bonds is 4. The molecule has 3 atom stereocenters. The number of carbonyl (C=O) groups excluding carboxylic acids is 2. The van der Waals surface area contributed by atoms with E-state index in [1.165, 1.54) is 6.42 Å². The second-order valence-electron chi connectivity index (χ2n) is 8.87. The monoisotopic (exact) mass is 441 g/mol. The molecular formula is C23H27N3O2S2. The van der Waals surface area contributed by atoms with Gasteiger partial charge < -0.3 is 14.8 Å². The molecule has 0 bridgehead atoms. The highest BCUT2D eigenvalue weighted by Gasteiger charge is 2.48. The summed E-state index contributed by atoms with van der Waals surface area (Å²) >= 11 is 3.26. The van der Waals surface area contributed by atoms with E-state index in [0.717, 1.165) is 34.4 Å². The van der Waals surface area contributed by atoms with Gasteiger partial charge in [0.1, 0.15) is 11.2 Å². The number of aromatic nitrogens is 1. The smallest absolute Gasteiger partial charge is 0.271 e. The van der Waals surface area contributed by atoms with Crippen molar-refractivity contribution in [3.8, 4) is 0 Å². The van der Waals surface area contributed by atoms with Crippen LogP contribution in [0.2, 0.25) is 0 Å². The molecule has 1 aliphatic heterocycles. The zero-order valence-corrected chi connectivity index (χ0v) is 19.0. The third kappa shape index (κ3) is 3.19. The Kier molecular flexibility index (Phi) is 4.98. The first kappa shape index (κ1) is 19.8. The average molecular weight is 442 g/mol. The Bertz CT molecular complexity index is 1080. The molecule has 3 aromatic rings. The first-order chi connectivity index (χ1) is 14.5. The highest BCUT2D eigenvalue weighted by atomic mass is 32.1. The molecule has 5 rings (SSSR count). The Morgan fingerprint density at radius 1 is 1.23 bits per heavy atom. The number of fused-ring (bicyclic) bond motifs is 3. The van der Waals surface area contributed by atoms with Crippen LogP contribution in [0.5, 0.6) is 0 Å². The summed E-state index contributed by atoms with van der Waals surface area (Å²) in [7, 11) is 0. The second-order valence-corrected chi connectivity index (χ2v) is 10.9. The van der Waals surface area contributed by atoms with Crippen LogP contribution < -0.4 is 5.32 Å². The van der Waals surface area contributed by atoms with Crippen LogP contribution in [0, 0.1) is 5.92 Å². The molecule has 4 heterocycles. The lowest BCUT2D eigenvalue weighted by molar-refractivity contribution is -0.134. The molecule has 0 aromatic carbocycles. The van der Waals surface area contributed by atoms with Gasteiger partial charge in [0.15, 0.2) is 0 Å². The molecule has 1 aliphatic carbocycles. The standard InChI is InChI=1S/C23H27N3O2S2/c1-15-6-3-4-8-17(15)24-22(28)23(2)14-25-18-9-11-30-20(18)12-19(25)21(27)26(23)13-16-7-5-10-29-16/h5,7,9-12,15,17H,3-4,6,8,13-14H2,1-2H3,(H,24,28)/t15-,17+,23+/m1/s1. The number of carbonyl (C=O) groups is 2. The van der Waals surface area contributed by atoms with Gasteiger partial charge in [0.05, 0.1) is 23.3 Å². The van der Waals surface area contributed by atoms with Gasteiger partial charge in [-0.1, -0.05) is 25.8 Å². The van der Waals surface area contributed by atoms with Crippen LogP contribution in [0.3, 0.4) is 0 Å². The zero-order chi connectivity index (χ0) is 20.9. The van der Waals surface area contributed by atoms with Gasteiger partial charge in [0.2, 0.25) is 5.91 Å². The minimum Gasteiger partial charge on any atom is -0.351 e. The molecule has 0 radical (unpaired) electrons. The van der Waals surface area contributed by atoms with Crippen molar-refractivity contribution < 1.29 is 9.59 Å². The van der Waals surface area contributed by atoms with Crippen molar-refractivity contribution in [1.82, 2.24) is 14.8 Å². The number of hydrogen-bond acceptors (Lipinski definition) is 4. The van der Waals surface area contributed by atoms with Gasteiger partial charge in [-0.2, -0.15) is 0 Å². The summed E-state index contributed by atoms with van der Waals surface area (Å²) in [4.78, 5) is 30.2. The zero-order valence-electron chi connectivity index (χ0n) is 17.4. The normalized spacial score (nSPS) is 26.7. The van der Waals surface area contributed by atoms with Gasteiger partial charge in [0, 0.05) is 10.9 Å². The van der Waals surface area contributed by atoms with Crippen molar-refractivity contribution in [3.63, 3.8) is 0 Å². The summed E-state index contributed by atoms with van der Waals surface area (Å²) in [6.45, 7) is 5.09. The van der Waals surface area contributed by atoms with E-state index in [0.29, 0.717) is 24.7 Å². The van der Waals surface area contributed by atoms with Gasteiger partial charge in [-0.05, 0) is 54.6 Å². The van der Waals surface area contributed by atoms with Crippen LogP contribution in [-0.2, 0) is 17.9 Å². The SMILES string of the molecule is C[C@@H]1CCCC[C@@H]1NC(=O)[C@]1(C)Cn2c(cc3sccc32)C(=O)N1Cc1cccs1. The Morgan fingerprint density at radius 3 is 2.83 bits per heavy atom. The fourth-order valence-electron chi connectivity index (χ4n) is 4.93. The Morgan fingerprint density at radius 2 is 2.07 bits per heavy atom. The molecule has 1 fully saturated rings. The van der Waals surface area contributed by atoms with Gasteiger partial charge in [0.25, 0.3) is 5.91 Å². The average Bonchev–Trinajstić information content (AvgIpc) is 3.45. The molecule has 1 N–H and O–H groups in total. The van der Waals surface area contributed by atoms with Crippen molar-refractivity contribution in [1.29, 1.82) is 0 Å². The number of hydrogen-bond donors (Lipinski definition) is 1. The first-order valence-electron chi connectivity index (χ1n) is 10.7. The summed E-state index contributed by atoms with van der Waals surface area (Å²) in [6, 6.07) is 8.24. The molecule has 2 amide bonds. The topological polar surface area (TPSA) is 54.3 Å². The summed E-state index contributed by atoms with van der Waals surface area (Å²) in [5.74, 6) is 0.378. The molecule has 1 saturated carbocycles. The van der Waals surface area contributed by atoms with Gasteiger partial charge in [-0.25, -0.2) is 0 Å². The molecule has 0 spiro atoms. The lowest BCUT2D eigenvalue weighted by atomic mass is 9.85. The van der Waals surface area contributed by atoms with Crippen LogP contribution >= 0.6 is 22.7 Å². The van der Waals surface area contributed by atoms with Crippen LogP contribution in [0.15, 0.2) is 35.0 Å². The maximum atomic E-state index is 13.7. The van der Waals surface area contributed by atoms with E-state index < -0.39 is 5.54 Å². The third-order valence-corrected chi connectivity index (χ3v) is 8.57. The van der Waals surface area contributed by atoms with Crippen molar-refractivity contribution in [2.45, 2.75) is 64.2 Å². The van der Waals surface area contributed by atoms with Crippen molar-refractivity contribution >= 4 is 44.7 Å². The molecule has 30 heavy (non-hydrogen) atoms. The highest BCUT2D eigenvalue weighted by molar-refractivity contribution is 7.17. The number of thiophene rings is 2. The summed E-state index contributed by atoms with van der Waals surface area (Å²) in [6.07, 6.45) is 4.56. The maximum absolute atomic E-state index is 13.7. The molecule has 0 saturated heterocycles. The van der Waals surface area contributed by atoms with Crippen LogP contribution in [-0.4, -0.2) is 32.9 Å². The predicted octanol–water partition coefficient (Wildman–Crippen LogP) is 4.87. The molecule has 3 aromatic heterocycles. The number of amides is 2. The highest BCUT2D eigenvalue weighted by Crippen LogP contribution is 2.36. The number of nitrogens with zero attached hydrogens (tertiary/aromatic N) is 2. The quantitative estimate of drug-likeness (QED) is 0.628. The molecule has 7 heteroatoms. The molecular weight excluding hydrogens is 414 g/mol. The fourth-order valence-corrected chi connectivity index (χ4v) is 6.45. The summed E-state index contributed by atoms with van der Waals surface area (Å²) < 4.78 is 3.14. The maximum Gasteiger partial charge on any atom is 0.271 e. The summed E-state index contributed by atoms with van der Waals surface area (Å²) in [5.41, 5.74) is 0.799. The van der Waals surface area contributed by atoms with Crippen molar-refractivity contribution in [3.05, 3.63) is 45.6 Å². The van der Waals surface area contributed by atoms with Crippen molar-refractivity contribution in [2.75, 3.05) is 0 Å². The summed E-state index contributed by atoms with van der Waals surface area (Å²) in [5, 5.41) is 7.39. The Balaban J connectivity index is 1.53. The number of nitrogens with one attached hydrogen (secondary N) is 1. The Hall–Kier alpha value is -2.12. The fraction of sp³-hybridized carbons (Fsp3) is 0.478. The second kappa shape index (κ2) is 7.54. The molecule has 0 unspecified atom stereocenters. The van der Waals surface area contributed by atoms with Gasteiger partial charge >= 0.3 is 0 Å². The Labute approximate surface area is 184 Å². The van der Waals surface area contributed by atoms with E-state index in [-0.39, 0.29) is 17.9 Å².